The molecule has 294 valence electrons. The van der Waals surface area contributed by atoms with E-state index in [2.05, 4.69) is 25.8 Å². The Balaban J connectivity index is 1.47. The minimum atomic E-state index is -1.03. The molecule has 2 aromatic rings. The third kappa shape index (κ3) is 12.7. The lowest BCUT2D eigenvalue weighted by Gasteiger charge is -2.40. The Labute approximate surface area is 319 Å². The summed E-state index contributed by atoms with van der Waals surface area (Å²) in [5.74, 6) is -1.76. The van der Waals surface area contributed by atoms with Crippen LogP contribution in [0.5, 0.6) is 0 Å². The summed E-state index contributed by atoms with van der Waals surface area (Å²) < 4.78 is 0. The van der Waals surface area contributed by atoms with Gasteiger partial charge in [-0.3, -0.25) is 33.9 Å². The van der Waals surface area contributed by atoms with Crippen LogP contribution in [0.25, 0.3) is 0 Å². The van der Waals surface area contributed by atoms with Crippen molar-refractivity contribution in [2.75, 3.05) is 26.2 Å². The summed E-state index contributed by atoms with van der Waals surface area (Å²) in [6.45, 7) is 7.46. The molecule has 54 heavy (non-hydrogen) atoms. The number of guanidine groups is 1. The molecule has 2 heterocycles. The summed E-state index contributed by atoms with van der Waals surface area (Å²) in [5.41, 5.74) is 19.1. The standard InChI is InChI=1S/C40H59N9O5/c1-26(2)23-33(47-38(53)34(25-29-13-8-5-9-14-29)46-36(51)31(41)24-28-11-6-4-7-12-28)37(52)45-32(16-19-44-40(42)43)39(54)48-21-17-30(18-22-48)49-20-10-15-35(49)27(3)50/h4-9,11-14,26,30-35H,10,15-25,41H2,1-3H3,(H,45,52)(H,46,51)(H,47,53)(H4,42,43,44)/t31-,32-,33-,34-,35+/m1/s1. The molecule has 0 saturated carbocycles. The van der Waals surface area contributed by atoms with Crippen LogP contribution in [0.4, 0.5) is 0 Å². The molecule has 9 N–H and O–H groups in total. The second kappa shape index (κ2) is 20.6. The summed E-state index contributed by atoms with van der Waals surface area (Å²) in [6, 6.07) is 14.9. The summed E-state index contributed by atoms with van der Waals surface area (Å²) >= 11 is 0. The quantitative estimate of drug-likeness (QED) is 0.0947. The number of nitrogens with one attached hydrogen (secondary N) is 3. The molecule has 0 aliphatic carbocycles. The molecule has 2 aliphatic heterocycles. The number of carbonyl (C=O) groups excluding carboxylic acids is 5. The molecule has 0 radical (unpaired) electrons. The summed E-state index contributed by atoms with van der Waals surface area (Å²) in [4.78, 5) is 75.6. The second-order valence-electron chi connectivity index (χ2n) is 15.0. The van der Waals surface area contributed by atoms with Crippen LogP contribution in [-0.2, 0) is 36.8 Å². The number of Topliss-reactive ketones (excluding diaryl/α,β-unsaturated/α-hetero) is 1. The average Bonchev–Trinajstić information content (AvgIpc) is 3.65. The predicted molar refractivity (Wildman–Crippen MR) is 209 cm³/mol. The maximum absolute atomic E-state index is 14.0. The average molecular weight is 746 g/mol. The molecule has 5 atom stereocenters. The SMILES string of the molecule is CC(=O)[C@@H]1CCCN1C1CCN(C(=O)[C@@H](CCN=C(N)N)NC(=O)[C@@H](CC(C)C)NC(=O)[C@@H](Cc2ccccc2)NC(=O)[C@H](N)Cc2ccccc2)CC1. The number of aliphatic imine (C=N–C) groups is 1. The van der Waals surface area contributed by atoms with Crippen molar-refractivity contribution < 1.29 is 24.0 Å². The summed E-state index contributed by atoms with van der Waals surface area (Å²) in [6.07, 6.45) is 4.18. The number of nitrogens with two attached hydrogens (primary N) is 3. The molecule has 0 aromatic heterocycles. The van der Waals surface area contributed by atoms with E-state index < -0.39 is 41.9 Å². The molecule has 0 spiro atoms. The fourth-order valence-electron chi connectivity index (χ4n) is 7.43. The molecule has 4 amide bonds. The number of carbonyl (C=O) groups is 5. The highest BCUT2D eigenvalue weighted by atomic mass is 16.2. The van der Waals surface area contributed by atoms with Gasteiger partial charge < -0.3 is 38.1 Å². The first-order valence-electron chi connectivity index (χ1n) is 19.2. The van der Waals surface area contributed by atoms with Crippen molar-refractivity contribution in [3.63, 3.8) is 0 Å². The number of piperidine rings is 1. The third-order valence-corrected chi connectivity index (χ3v) is 10.2. The van der Waals surface area contributed by atoms with Gasteiger partial charge in [0.05, 0.1) is 12.1 Å². The van der Waals surface area contributed by atoms with Gasteiger partial charge in [0.2, 0.25) is 23.6 Å². The van der Waals surface area contributed by atoms with E-state index in [1.165, 1.54) is 0 Å². The maximum Gasteiger partial charge on any atom is 0.245 e. The van der Waals surface area contributed by atoms with Crippen molar-refractivity contribution in [3.05, 3.63) is 71.8 Å². The first-order chi connectivity index (χ1) is 25.8. The van der Waals surface area contributed by atoms with Gasteiger partial charge in [0.1, 0.15) is 23.9 Å². The van der Waals surface area contributed by atoms with Crippen LogP contribution in [0.3, 0.4) is 0 Å². The smallest absolute Gasteiger partial charge is 0.245 e. The fourth-order valence-corrected chi connectivity index (χ4v) is 7.43. The molecule has 14 nitrogen and oxygen atoms in total. The number of benzene rings is 2. The van der Waals surface area contributed by atoms with Crippen molar-refractivity contribution in [2.45, 2.75) is 108 Å². The van der Waals surface area contributed by atoms with Gasteiger partial charge >= 0.3 is 0 Å². The normalized spacial score (nSPS) is 18.6. The molecule has 0 unspecified atom stereocenters. The zero-order valence-corrected chi connectivity index (χ0v) is 31.9. The Morgan fingerprint density at radius 1 is 0.759 bits per heavy atom. The number of nitrogens with zero attached hydrogens (tertiary/aromatic N) is 3. The van der Waals surface area contributed by atoms with Gasteiger partial charge in [0.15, 0.2) is 5.96 Å². The van der Waals surface area contributed by atoms with Crippen molar-refractivity contribution in [3.8, 4) is 0 Å². The van der Waals surface area contributed by atoms with E-state index in [1.54, 1.807) is 11.8 Å². The molecule has 2 fully saturated rings. The molecule has 4 rings (SSSR count). The van der Waals surface area contributed by atoms with Gasteiger partial charge in [-0.25, -0.2) is 0 Å². The van der Waals surface area contributed by atoms with E-state index in [0.29, 0.717) is 13.1 Å². The molecule has 14 heteroatoms. The number of rotatable bonds is 18. The van der Waals surface area contributed by atoms with Crippen LogP contribution in [0.2, 0.25) is 0 Å². The van der Waals surface area contributed by atoms with Crippen molar-refractivity contribution >= 4 is 35.4 Å². The van der Waals surface area contributed by atoms with Crippen LogP contribution < -0.4 is 33.2 Å². The van der Waals surface area contributed by atoms with Gasteiger partial charge in [0.25, 0.3) is 0 Å². The molecular weight excluding hydrogens is 686 g/mol. The minimum Gasteiger partial charge on any atom is -0.370 e. The lowest BCUT2D eigenvalue weighted by atomic mass is 9.99. The molecule has 2 aromatic carbocycles. The van der Waals surface area contributed by atoms with Crippen molar-refractivity contribution in [1.29, 1.82) is 0 Å². The van der Waals surface area contributed by atoms with Gasteiger partial charge in [-0.1, -0.05) is 74.5 Å². The van der Waals surface area contributed by atoms with Gasteiger partial charge in [0, 0.05) is 32.1 Å². The van der Waals surface area contributed by atoms with Crippen LogP contribution in [0, 0.1) is 5.92 Å². The topological polar surface area (TPSA) is 218 Å². The maximum atomic E-state index is 14.0. The van der Waals surface area contributed by atoms with E-state index in [-0.39, 0.29) is 67.9 Å². The number of amides is 4. The highest BCUT2D eigenvalue weighted by Crippen LogP contribution is 2.27. The minimum absolute atomic E-state index is 0.00161. The molecule has 2 saturated heterocycles. The molecule has 0 bridgehead atoms. The molecular formula is C40H59N9O5. The van der Waals surface area contributed by atoms with E-state index in [0.717, 1.165) is 43.4 Å². The van der Waals surface area contributed by atoms with Crippen LogP contribution in [-0.4, -0.2) is 108 Å². The Morgan fingerprint density at radius 3 is 1.89 bits per heavy atom. The number of ketones is 1. The van der Waals surface area contributed by atoms with Crippen LogP contribution in [0.1, 0.15) is 70.4 Å². The Bertz CT molecular complexity index is 1580. The zero-order valence-electron chi connectivity index (χ0n) is 31.9. The van der Waals surface area contributed by atoms with Gasteiger partial charge in [-0.05, 0) is 75.5 Å². The van der Waals surface area contributed by atoms with Crippen molar-refractivity contribution in [2.24, 2.45) is 28.1 Å². The van der Waals surface area contributed by atoms with Gasteiger partial charge in [-0.2, -0.15) is 0 Å². The predicted octanol–water partition coefficient (Wildman–Crippen LogP) is 1.01. The highest BCUT2D eigenvalue weighted by Gasteiger charge is 2.38. The Hall–Kier alpha value is -4.82. The Kier molecular flexibility index (Phi) is 16.0. The number of hydrogen-bond acceptors (Lipinski definition) is 8. The number of likely N-dealkylation sites (tertiary alicyclic amines) is 2. The molecule has 2 aliphatic rings. The monoisotopic (exact) mass is 745 g/mol. The first kappa shape index (κ1) is 41.9. The summed E-state index contributed by atoms with van der Waals surface area (Å²) in [5, 5.41) is 8.61. The lowest BCUT2D eigenvalue weighted by Crippen LogP contribution is -2.59. The largest absolute Gasteiger partial charge is 0.370 e. The van der Waals surface area contributed by atoms with Crippen LogP contribution >= 0.6 is 0 Å². The highest BCUT2D eigenvalue weighted by molar-refractivity contribution is 5.95. The Morgan fingerprint density at radius 2 is 1.31 bits per heavy atom. The van der Waals surface area contributed by atoms with E-state index >= 15 is 0 Å². The van der Waals surface area contributed by atoms with Crippen LogP contribution in [0.15, 0.2) is 65.7 Å². The van der Waals surface area contributed by atoms with Crippen molar-refractivity contribution in [1.82, 2.24) is 25.8 Å². The third-order valence-electron chi connectivity index (χ3n) is 10.2. The number of hydrogen-bond donors (Lipinski definition) is 6. The first-order valence-corrected chi connectivity index (χ1v) is 19.2. The van der Waals surface area contributed by atoms with E-state index in [9.17, 15) is 24.0 Å². The second-order valence-corrected chi connectivity index (χ2v) is 15.0. The lowest BCUT2D eigenvalue weighted by molar-refractivity contribution is -0.139. The fraction of sp³-hybridized carbons (Fsp3) is 0.550. The zero-order chi connectivity index (χ0) is 39.2. The van der Waals surface area contributed by atoms with E-state index in [4.69, 9.17) is 17.2 Å². The summed E-state index contributed by atoms with van der Waals surface area (Å²) in [7, 11) is 0. The van der Waals surface area contributed by atoms with E-state index in [1.807, 2.05) is 74.5 Å². The van der Waals surface area contributed by atoms with Gasteiger partial charge in [-0.15, -0.1) is 0 Å².